The third-order valence-electron chi connectivity index (χ3n) is 4.39. The predicted octanol–water partition coefficient (Wildman–Crippen LogP) is 3.86. The first kappa shape index (κ1) is 18.9. The molecule has 0 bridgehead atoms. The van der Waals surface area contributed by atoms with Crippen molar-refractivity contribution in [2.45, 2.75) is 32.6 Å². The van der Waals surface area contributed by atoms with E-state index in [4.69, 9.17) is 4.74 Å². The Hall–Kier alpha value is -2.92. The minimum atomic E-state index is -0.482. The quantitative estimate of drug-likeness (QED) is 0.690. The lowest BCUT2D eigenvalue weighted by Crippen LogP contribution is -2.19. The number of aryl methyl sites for hydroxylation is 2. The molecule has 3 aromatic rings. The van der Waals surface area contributed by atoms with Crippen LogP contribution in [0.5, 0.6) is 5.75 Å². The van der Waals surface area contributed by atoms with Gasteiger partial charge in [0.05, 0.1) is 6.10 Å². The molecule has 27 heavy (non-hydrogen) atoms. The van der Waals surface area contributed by atoms with Crippen LogP contribution in [0.2, 0.25) is 0 Å². The van der Waals surface area contributed by atoms with Gasteiger partial charge in [0.25, 0.3) is 5.56 Å². The number of rotatable bonds is 7. The molecule has 3 rings (SSSR count). The lowest BCUT2D eigenvalue weighted by Gasteiger charge is -2.10. The van der Waals surface area contributed by atoms with Gasteiger partial charge >= 0.3 is 0 Å². The van der Waals surface area contributed by atoms with Gasteiger partial charge in [0.15, 0.2) is 0 Å². The van der Waals surface area contributed by atoms with E-state index < -0.39 is 6.10 Å². The Morgan fingerprint density at radius 3 is 2.33 bits per heavy atom. The molecular formula is C22H22FNO3. The van der Waals surface area contributed by atoms with Gasteiger partial charge < -0.3 is 14.4 Å². The topological polar surface area (TPSA) is 51.5 Å². The summed E-state index contributed by atoms with van der Waals surface area (Å²) >= 11 is 0. The van der Waals surface area contributed by atoms with Gasteiger partial charge in [-0.3, -0.25) is 4.79 Å². The molecule has 5 heteroatoms. The highest BCUT2D eigenvalue weighted by molar-refractivity contribution is 5.24. The summed E-state index contributed by atoms with van der Waals surface area (Å²) in [5.41, 5.74) is 2.68. The summed E-state index contributed by atoms with van der Waals surface area (Å²) in [5, 5.41) is 9.54. The molecule has 1 unspecified atom stereocenters. The van der Waals surface area contributed by atoms with Crippen molar-refractivity contribution in [3.8, 4) is 5.75 Å². The second-order valence-electron chi connectivity index (χ2n) is 6.48. The van der Waals surface area contributed by atoms with E-state index >= 15 is 0 Å². The van der Waals surface area contributed by atoms with Crippen LogP contribution in [-0.2, 0) is 19.6 Å². The number of benzene rings is 2. The summed E-state index contributed by atoms with van der Waals surface area (Å²) in [6.45, 7) is 2.57. The first-order chi connectivity index (χ1) is 13.0. The van der Waals surface area contributed by atoms with Crippen LogP contribution in [0.3, 0.4) is 0 Å². The highest BCUT2D eigenvalue weighted by atomic mass is 19.1. The minimum Gasteiger partial charge on any atom is -0.489 e. The van der Waals surface area contributed by atoms with Crippen molar-refractivity contribution in [1.82, 2.24) is 4.57 Å². The highest BCUT2D eigenvalue weighted by Crippen LogP contribution is 2.14. The number of aliphatic hydroxyl groups is 1. The van der Waals surface area contributed by atoms with Crippen LogP contribution in [0.25, 0.3) is 0 Å². The Kier molecular flexibility index (Phi) is 6.04. The molecule has 1 N–H and O–H groups in total. The maximum atomic E-state index is 12.9. The average molecular weight is 367 g/mol. The van der Waals surface area contributed by atoms with Crippen LogP contribution >= 0.6 is 0 Å². The lowest BCUT2D eigenvalue weighted by molar-refractivity contribution is 0.199. The van der Waals surface area contributed by atoms with Crippen molar-refractivity contribution in [2.75, 3.05) is 0 Å². The van der Waals surface area contributed by atoms with Crippen LogP contribution < -0.4 is 10.3 Å². The van der Waals surface area contributed by atoms with E-state index in [2.05, 4.69) is 0 Å². The minimum absolute atomic E-state index is 0.132. The third-order valence-corrected chi connectivity index (χ3v) is 4.39. The summed E-state index contributed by atoms with van der Waals surface area (Å²) < 4.78 is 20.1. The average Bonchev–Trinajstić information content (AvgIpc) is 2.67. The molecule has 0 saturated carbocycles. The molecule has 0 saturated heterocycles. The Balaban J connectivity index is 1.57. The normalized spacial score (nSPS) is 12.0. The van der Waals surface area contributed by atoms with Gasteiger partial charge in [-0.25, -0.2) is 4.39 Å². The Labute approximate surface area is 157 Å². The molecule has 0 aliphatic carbocycles. The van der Waals surface area contributed by atoms with Crippen molar-refractivity contribution in [2.24, 2.45) is 0 Å². The van der Waals surface area contributed by atoms with Crippen LogP contribution in [0.15, 0.2) is 71.7 Å². The van der Waals surface area contributed by atoms with Gasteiger partial charge in [0.2, 0.25) is 0 Å². The molecular weight excluding hydrogens is 345 g/mol. The molecule has 0 spiro atoms. The number of hydrogen-bond acceptors (Lipinski definition) is 3. The van der Waals surface area contributed by atoms with Crippen LogP contribution in [0.1, 0.15) is 29.7 Å². The zero-order chi connectivity index (χ0) is 19.2. The Morgan fingerprint density at radius 1 is 1.04 bits per heavy atom. The van der Waals surface area contributed by atoms with E-state index in [-0.39, 0.29) is 18.0 Å². The molecule has 0 amide bonds. The standard InChI is InChI=1S/C22H22FNO3/c1-16(25)19-6-2-17(3-7-19)10-12-24-13-11-21(14-22(24)26)27-15-18-4-8-20(23)9-5-18/h2-9,11,13-14,16,25H,10,12,15H2,1H3. The van der Waals surface area contributed by atoms with Gasteiger partial charge in [-0.15, -0.1) is 0 Å². The summed E-state index contributed by atoms with van der Waals surface area (Å²) in [5.74, 6) is 0.198. The SMILES string of the molecule is CC(O)c1ccc(CCn2ccc(OCc3ccc(F)cc3)cc2=O)cc1. The summed E-state index contributed by atoms with van der Waals surface area (Å²) in [6, 6.07) is 17.0. The largest absolute Gasteiger partial charge is 0.489 e. The molecule has 0 aliphatic rings. The van der Waals surface area contributed by atoms with Crippen LogP contribution in [0, 0.1) is 5.82 Å². The second kappa shape index (κ2) is 8.64. The van der Waals surface area contributed by atoms with Crippen LogP contribution in [0.4, 0.5) is 4.39 Å². The highest BCUT2D eigenvalue weighted by Gasteiger charge is 2.03. The van der Waals surface area contributed by atoms with Crippen molar-refractivity contribution in [3.63, 3.8) is 0 Å². The molecule has 0 fully saturated rings. The van der Waals surface area contributed by atoms with Gasteiger partial charge in [-0.2, -0.15) is 0 Å². The predicted molar refractivity (Wildman–Crippen MR) is 102 cm³/mol. The molecule has 140 valence electrons. The Bertz CT molecular complexity index is 931. The number of ether oxygens (including phenoxy) is 1. The van der Waals surface area contributed by atoms with E-state index in [1.54, 1.807) is 35.9 Å². The van der Waals surface area contributed by atoms with Crippen LogP contribution in [-0.4, -0.2) is 9.67 Å². The van der Waals surface area contributed by atoms with Crippen molar-refractivity contribution in [1.29, 1.82) is 0 Å². The maximum absolute atomic E-state index is 12.9. The van der Waals surface area contributed by atoms with Gasteiger partial charge in [0, 0.05) is 18.8 Å². The molecule has 1 aromatic heterocycles. The number of halogens is 1. The number of nitrogens with zero attached hydrogens (tertiary/aromatic N) is 1. The first-order valence-corrected chi connectivity index (χ1v) is 8.86. The number of hydrogen-bond donors (Lipinski definition) is 1. The fraction of sp³-hybridized carbons (Fsp3) is 0.227. The van der Waals surface area contributed by atoms with Crippen molar-refractivity contribution < 1.29 is 14.2 Å². The monoisotopic (exact) mass is 367 g/mol. The fourth-order valence-electron chi connectivity index (χ4n) is 2.72. The summed E-state index contributed by atoms with van der Waals surface area (Å²) in [6.07, 6.45) is 1.95. The zero-order valence-corrected chi connectivity index (χ0v) is 15.1. The number of aliphatic hydroxyl groups excluding tert-OH is 1. The molecule has 1 atom stereocenters. The summed E-state index contributed by atoms with van der Waals surface area (Å²) in [7, 11) is 0. The second-order valence-corrected chi connectivity index (χ2v) is 6.48. The fourth-order valence-corrected chi connectivity index (χ4v) is 2.72. The van der Waals surface area contributed by atoms with E-state index in [1.165, 1.54) is 18.2 Å². The molecule has 2 aromatic carbocycles. The van der Waals surface area contributed by atoms with Gasteiger partial charge in [-0.05, 0) is 48.2 Å². The van der Waals surface area contributed by atoms with E-state index in [0.717, 1.165) is 23.1 Å². The molecule has 4 nitrogen and oxygen atoms in total. The molecule has 1 heterocycles. The van der Waals surface area contributed by atoms with Gasteiger partial charge in [0.1, 0.15) is 18.2 Å². The maximum Gasteiger partial charge on any atom is 0.254 e. The summed E-state index contributed by atoms with van der Waals surface area (Å²) in [4.78, 5) is 12.3. The Morgan fingerprint density at radius 2 is 1.70 bits per heavy atom. The van der Waals surface area contributed by atoms with E-state index in [9.17, 15) is 14.3 Å². The third kappa shape index (κ3) is 5.28. The van der Waals surface area contributed by atoms with E-state index in [1.807, 2.05) is 24.3 Å². The zero-order valence-electron chi connectivity index (χ0n) is 15.1. The smallest absolute Gasteiger partial charge is 0.254 e. The molecule has 0 aliphatic heterocycles. The van der Waals surface area contributed by atoms with Crippen molar-refractivity contribution >= 4 is 0 Å². The van der Waals surface area contributed by atoms with Gasteiger partial charge in [-0.1, -0.05) is 36.4 Å². The lowest BCUT2D eigenvalue weighted by atomic mass is 10.1. The number of aromatic nitrogens is 1. The van der Waals surface area contributed by atoms with E-state index in [0.29, 0.717) is 12.3 Å². The van der Waals surface area contributed by atoms with Crippen molar-refractivity contribution in [3.05, 3.63) is 99.7 Å². The molecule has 0 radical (unpaired) electrons. The first-order valence-electron chi connectivity index (χ1n) is 8.86. The number of pyridine rings is 1.